The van der Waals surface area contributed by atoms with Crippen LogP contribution in [-0.4, -0.2) is 50.3 Å². The Kier molecular flexibility index (Phi) is 7.70. The highest BCUT2D eigenvalue weighted by molar-refractivity contribution is 5.66. The molecule has 3 N–H and O–H groups in total. The Bertz CT molecular complexity index is 477. The zero-order valence-electron chi connectivity index (χ0n) is 13.5. The second kappa shape index (κ2) is 9.27. The van der Waals surface area contributed by atoms with Gasteiger partial charge in [-0.3, -0.25) is 4.79 Å². The van der Waals surface area contributed by atoms with Crippen molar-refractivity contribution in [2.75, 3.05) is 34.4 Å². The van der Waals surface area contributed by atoms with Crippen molar-refractivity contribution in [3.63, 3.8) is 0 Å². The molecule has 6 heteroatoms. The van der Waals surface area contributed by atoms with Crippen LogP contribution in [0.1, 0.15) is 30.9 Å². The van der Waals surface area contributed by atoms with Crippen LogP contribution in [-0.2, 0) is 4.79 Å². The van der Waals surface area contributed by atoms with Crippen LogP contribution in [0.5, 0.6) is 11.5 Å². The number of rotatable bonds is 10. The Morgan fingerprint density at radius 3 is 2.68 bits per heavy atom. The van der Waals surface area contributed by atoms with Gasteiger partial charge in [-0.1, -0.05) is 6.07 Å². The summed E-state index contributed by atoms with van der Waals surface area (Å²) in [7, 11) is 5.56. The molecular weight excluding hydrogens is 284 g/mol. The van der Waals surface area contributed by atoms with E-state index in [-0.39, 0.29) is 12.5 Å². The van der Waals surface area contributed by atoms with Gasteiger partial charge in [-0.15, -0.1) is 0 Å². The van der Waals surface area contributed by atoms with Crippen molar-refractivity contribution in [3.05, 3.63) is 23.8 Å². The van der Waals surface area contributed by atoms with Crippen LogP contribution < -0.4 is 15.2 Å². The second-order valence-electron chi connectivity index (χ2n) is 5.45. The maximum absolute atomic E-state index is 10.5. The van der Waals surface area contributed by atoms with E-state index in [1.165, 1.54) is 0 Å². The third-order valence-corrected chi connectivity index (χ3v) is 3.32. The molecule has 0 aliphatic rings. The largest absolute Gasteiger partial charge is 0.493 e. The van der Waals surface area contributed by atoms with Crippen molar-refractivity contribution in [2.24, 2.45) is 5.73 Å². The molecule has 124 valence electrons. The number of aliphatic carboxylic acids is 1. The van der Waals surface area contributed by atoms with Crippen LogP contribution in [0.15, 0.2) is 18.2 Å². The fourth-order valence-electron chi connectivity index (χ4n) is 2.01. The van der Waals surface area contributed by atoms with E-state index in [0.717, 1.165) is 12.1 Å². The molecule has 0 saturated carbocycles. The molecule has 0 unspecified atom stereocenters. The van der Waals surface area contributed by atoms with Crippen LogP contribution in [0.3, 0.4) is 0 Å². The van der Waals surface area contributed by atoms with E-state index in [9.17, 15) is 4.79 Å². The summed E-state index contributed by atoms with van der Waals surface area (Å²) >= 11 is 0. The quantitative estimate of drug-likeness (QED) is 0.686. The highest BCUT2D eigenvalue weighted by Gasteiger charge is 2.12. The van der Waals surface area contributed by atoms with E-state index in [1.807, 2.05) is 37.2 Å². The van der Waals surface area contributed by atoms with E-state index < -0.39 is 5.97 Å². The fourth-order valence-corrected chi connectivity index (χ4v) is 2.01. The van der Waals surface area contributed by atoms with Crippen LogP contribution in [0.4, 0.5) is 0 Å². The average molecular weight is 310 g/mol. The van der Waals surface area contributed by atoms with Crippen molar-refractivity contribution in [1.29, 1.82) is 0 Å². The predicted octanol–water partition coefficient (Wildman–Crippen LogP) is 1.89. The number of carboxylic acid groups (broad SMARTS) is 1. The van der Waals surface area contributed by atoms with Crippen molar-refractivity contribution in [1.82, 2.24) is 4.90 Å². The number of hydrogen-bond acceptors (Lipinski definition) is 5. The Labute approximate surface area is 131 Å². The highest BCUT2D eigenvalue weighted by Crippen LogP contribution is 2.31. The summed E-state index contributed by atoms with van der Waals surface area (Å²) < 4.78 is 11.0. The molecule has 1 aromatic rings. The highest BCUT2D eigenvalue weighted by atomic mass is 16.5. The summed E-state index contributed by atoms with van der Waals surface area (Å²) in [6.45, 7) is 1.40. The molecule has 0 amide bonds. The van der Waals surface area contributed by atoms with Crippen molar-refractivity contribution in [2.45, 2.75) is 25.3 Å². The molecule has 0 fully saturated rings. The van der Waals surface area contributed by atoms with E-state index in [2.05, 4.69) is 0 Å². The van der Waals surface area contributed by atoms with Crippen molar-refractivity contribution >= 4 is 5.97 Å². The Hall–Kier alpha value is -1.79. The number of carbonyl (C=O) groups is 1. The Balaban J connectivity index is 2.64. The number of likely N-dealkylation sites (N-methyl/N-ethyl adjacent to an activating group) is 1. The van der Waals surface area contributed by atoms with Crippen LogP contribution in [0.2, 0.25) is 0 Å². The average Bonchev–Trinajstić information content (AvgIpc) is 2.46. The van der Waals surface area contributed by atoms with E-state index in [0.29, 0.717) is 30.9 Å². The number of carboxylic acids is 1. The molecule has 0 aliphatic carbocycles. The van der Waals surface area contributed by atoms with Gasteiger partial charge in [0.2, 0.25) is 0 Å². The minimum atomic E-state index is -0.797. The molecule has 1 rings (SSSR count). The van der Waals surface area contributed by atoms with Gasteiger partial charge >= 0.3 is 5.97 Å². The molecule has 0 aromatic heterocycles. The van der Waals surface area contributed by atoms with Gasteiger partial charge in [0.15, 0.2) is 11.5 Å². The zero-order chi connectivity index (χ0) is 16.5. The number of hydrogen-bond donors (Lipinski definition) is 2. The second-order valence-corrected chi connectivity index (χ2v) is 5.45. The molecule has 6 nitrogen and oxygen atoms in total. The number of ether oxygens (including phenoxy) is 2. The lowest BCUT2D eigenvalue weighted by atomic mass is 10.0. The maximum atomic E-state index is 10.5. The first-order valence-electron chi connectivity index (χ1n) is 7.37. The molecule has 1 aromatic carbocycles. The number of benzene rings is 1. The summed E-state index contributed by atoms with van der Waals surface area (Å²) in [5, 5.41) is 8.66. The topological polar surface area (TPSA) is 85.0 Å². The Morgan fingerprint density at radius 2 is 2.09 bits per heavy atom. The normalized spacial score (nSPS) is 12.2. The fraction of sp³-hybridized carbons (Fsp3) is 0.562. The van der Waals surface area contributed by atoms with Crippen molar-refractivity contribution in [3.8, 4) is 11.5 Å². The van der Waals surface area contributed by atoms with Gasteiger partial charge in [-0.25, -0.2) is 0 Å². The summed E-state index contributed by atoms with van der Waals surface area (Å²) in [5.74, 6) is 0.533. The smallest absolute Gasteiger partial charge is 0.303 e. The van der Waals surface area contributed by atoms with Gasteiger partial charge in [-0.2, -0.15) is 0 Å². The van der Waals surface area contributed by atoms with Gasteiger partial charge in [0.25, 0.3) is 0 Å². The predicted molar refractivity (Wildman–Crippen MR) is 85.5 cm³/mol. The summed E-state index contributed by atoms with van der Waals surface area (Å²) in [6.07, 6.45) is 1.31. The summed E-state index contributed by atoms with van der Waals surface area (Å²) in [4.78, 5) is 12.6. The van der Waals surface area contributed by atoms with Gasteiger partial charge in [-0.05, 0) is 44.6 Å². The van der Waals surface area contributed by atoms with Crippen LogP contribution >= 0.6 is 0 Å². The molecule has 0 aliphatic heterocycles. The lowest BCUT2D eigenvalue weighted by Crippen LogP contribution is -2.19. The van der Waals surface area contributed by atoms with E-state index in [4.69, 9.17) is 20.3 Å². The molecular formula is C16H26N2O4. The van der Waals surface area contributed by atoms with Gasteiger partial charge in [0.05, 0.1) is 7.11 Å². The third-order valence-electron chi connectivity index (χ3n) is 3.32. The SMILES string of the molecule is COc1cc([C@@H](N)CCCC(=O)O)ccc1OCCN(C)C. The minimum Gasteiger partial charge on any atom is -0.493 e. The first-order valence-corrected chi connectivity index (χ1v) is 7.37. The Morgan fingerprint density at radius 1 is 1.36 bits per heavy atom. The molecule has 0 saturated heterocycles. The standard InChI is InChI=1S/C16H26N2O4/c1-18(2)9-10-22-14-8-7-12(11-15(14)21-3)13(17)5-4-6-16(19)20/h7-8,11,13H,4-6,9-10,17H2,1-3H3,(H,19,20)/t13-/m0/s1. The molecule has 0 spiro atoms. The van der Waals surface area contributed by atoms with Gasteiger partial charge in [0, 0.05) is 19.0 Å². The molecule has 0 bridgehead atoms. The minimum absolute atomic E-state index is 0.135. The molecule has 1 atom stereocenters. The first kappa shape index (κ1) is 18.3. The van der Waals surface area contributed by atoms with Gasteiger partial charge in [0.1, 0.15) is 6.61 Å². The first-order chi connectivity index (χ1) is 10.4. The number of nitrogens with two attached hydrogens (primary N) is 1. The van der Waals surface area contributed by atoms with E-state index in [1.54, 1.807) is 7.11 Å². The molecule has 22 heavy (non-hydrogen) atoms. The van der Waals surface area contributed by atoms with Gasteiger partial charge < -0.3 is 25.2 Å². The summed E-state index contributed by atoms with van der Waals surface area (Å²) in [5.41, 5.74) is 7.02. The van der Waals surface area contributed by atoms with Crippen molar-refractivity contribution < 1.29 is 19.4 Å². The molecule has 0 radical (unpaired) electrons. The van der Waals surface area contributed by atoms with E-state index >= 15 is 0 Å². The summed E-state index contributed by atoms with van der Waals surface area (Å²) in [6, 6.07) is 5.40. The molecule has 0 heterocycles. The maximum Gasteiger partial charge on any atom is 0.303 e. The lowest BCUT2D eigenvalue weighted by molar-refractivity contribution is -0.137. The third kappa shape index (κ3) is 6.32. The zero-order valence-corrected chi connectivity index (χ0v) is 13.5. The monoisotopic (exact) mass is 310 g/mol. The van der Waals surface area contributed by atoms with Crippen LogP contribution in [0.25, 0.3) is 0 Å². The number of nitrogens with zero attached hydrogens (tertiary/aromatic N) is 1. The lowest BCUT2D eigenvalue weighted by Gasteiger charge is -2.16. The van der Waals surface area contributed by atoms with Crippen LogP contribution in [0, 0.1) is 0 Å². The number of methoxy groups -OCH3 is 1.